The second-order valence-electron chi connectivity index (χ2n) is 3.30. The van der Waals surface area contributed by atoms with Crippen LogP contribution in [-0.2, 0) is 23.9 Å². The Kier molecular flexibility index (Phi) is 6.50. The zero-order valence-electron chi connectivity index (χ0n) is 9.63. The molecule has 1 unspecified atom stereocenters. The largest absolute Gasteiger partial charge is 0.460 e. The average Bonchev–Trinajstić information content (AvgIpc) is 2.59. The minimum atomic E-state index is -0.608. The number of carbonyl (C=O) groups excluding carboxylic acids is 3. The molecule has 1 heterocycles. The molecule has 1 aliphatic rings. The zero-order valence-corrected chi connectivity index (χ0v) is 9.63. The van der Waals surface area contributed by atoms with Gasteiger partial charge in [-0.15, -0.1) is 0 Å². The van der Waals surface area contributed by atoms with Crippen molar-refractivity contribution >= 4 is 17.9 Å². The van der Waals surface area contributed by atoms with Gasteiger partial charge in [0, 0.05) is 17.7 Å². The Balaban J connectivity index is 0.000000318. The van der Waals surface area contributed by atoms with Crippen molar-refractivity contribution in [3.05, 3.63) is 24.3 Å². The van der Waals surface area contributed by atoms with Crippen molar-refractivity contribution in [2.24, 2.45) is 0 Å². The van der Waals surface area contributed by atoms with Gasteiger partial charge in [-0.05, 0) is 13.8 Å². The fourth-order valence-corrected chi connectivity index (χ4v) is 0.623. The van der Waals surface area contributed by atoms with Crippen LogP contribution in [0.3, 0.4) is 0 Å². The Morgan fingerprint density at radius 3 is 2.18 bits per heavy atom. The van der Waals surface area contributed by atoms with Gasteiger partial charge < -0.3 is 14.6 Å². The summed E-state index contributed by atoms with van der Waals surface area (Å²) >= 11 is 0. The van der Waals surface area contributed by atoms with Gasteiger partial charge >= 0.3 is 17.9 Å². The molecule has 0 amide bonds. The lowest BCUT2D eigenvalue weighted by Crippen LogP contribution is -2.15. The monoisotopic (exact) mass is 242 g/mol. The van der Waals surface area contributed by atoms with Gasteiger partial charge in [0.25, 0.3) is 0 Å². The number of hydrogen-bond donors (Lipinski definition) is 1. The van der Waals surface area contributed by atoms with E-state index in [2.05, 4.69) is 16.1 Å². The number of aliphatic hydroxyl groups is 1. The average molecular weight is 242 g/mol. The molecule has 0 aromatic heterocycles. The molecular formula is C11H14O6. The Hall–Kier alpha value is -1.95. The van der Waals surface area contributed by atoms with E-state index >= 15 is 0 Å². The highest BCUT2D eigenvalue weighted by Gasteiger charge is 2.10. The fraction of sp³-hybridized carbons (Fsp3) is 0.364. The van der Waals surface area contributed by atoms with Gasteiger partial charge in [-0.25, -0.2) is 14.4 Å². The standard InChI is InChI=1S/C7H12O3.C4H2O3/c1-5(2)7(9)10-4-6(3)8;5-3-1-2-4(6)7-3/h6,8H,1,4H2,2-3H3;1-2H. The minimum Gasteiger partial charge on any atom is -0.460 e. The maximum absolute atomic E-state index is 10.6. The predicted octanol–water partition coefficient (Wildman–Crippen LogP) is 0.112. The van der Waals surface area contributed by atoms with Crippen molar-refractivity contribution in [2.45, 2.75) is 20.0 Å². The van der Waals surface area contributed by atoms with Crippen LogP contribution in [0, 0.1) is 0 Å². The molecule has 0 saturated heterocycles. The van der Waals surface area contributed by atoms with Crippen molar-refractivity contribution in [3.8, 4) is 0 Å². The summed E-state index contributed by atoms with van der Waals surface area (Å²) in [4.78, 5) is 30.5. The quantitative estimate of drug-likeness (QED) is 0.429. The first-order valence-electron chi connectivity index (χ1n) is 4.77. The van der Waals surface area contributed by atoms with E-state index in [1.165, 1.54) is 0 Å². The van der Waals surface area contributed by atoms with E-state index in [1.807, 2.05) is 0 Å². The van der Waals surface area contributed by atoms with Crippen molar-refractivity contribution in [1.82, 2.24) is 0 Å². The maximum atomic E-state index is 10.6. The predicted molar refractivity (Wildman–Crippen MR) is 57.7 cm³/mol. The smallest absolute Gasteiger partial charge is 0.338 e. The van der Waals surface area contributed by atoms with Gasteiger partial charge in [-0.3, -0.25) is 0 Å². The summed E-state index contributed by atoms with van der Waals surface area (Å²) in [5.74, 6) is -1.61. The SMILES string of the molecule is C=C(C)C(=O)OCC(C)O.O=C1C=CC(=O)O1. The lowest BCUT2D eigenvalue weighted by molar-refractivity contribution is -0.150. The van der Waals surface area contributed by atoms with Crippen LogP contribution in [0.25, 0.3) is 0 Å². The molecule has 1 N–H and O–H groups in total. The molecule has 0 aromatic carbocycles. The lowest BCUT2D eigenvalue weighted by Gasteiger charge is -2.04. The van der Waals surface area contributed by atoms with Crippen LogP contribution in [0.1, 0.15) is 13.8 Å². The van der Waals surface area contributed by atoms with Gasteiger partial charge in [0.05, 0.1) is 6.10 Å². The molecule has 0 aromatic rings. The van der Waals surface area contributed by atoms with Crippen LogP contribution in [0.2, 0.25) is 0 Å². The van der Waals surface area contributed by atoms with Gasteiger partial charge in [0.1, 0.15) is 6.61 Å². The van der Waals surface area contributed by atoms with E-state index < -0.39 is 24.0 Å². The van der Waals surface area contributed by atoms with Gasteiger partial charge in [-0.1, -0.05) is 6.58 Å². The molecule has 0 saturated carbocycles. The highest BCUT2D eigenvalue weighted by atomic mass is 16.6. The first kappa shape index (κ1) is 15.0. The third-order valence-corrected chi connectivity index (χ3v) is 1.36. The molecule has 0 spiro atoms. The summed E-state index contributed by atoms with van der Waals surface area (Å²) in [6, 6.07) is 0. The number of cyclic esters (lactones) is 2. The normalized spacial score (nSPS) is 14.5. The minimum absolute atomic E-state index is 0.0334. The molecule has 6 nitrogen and oxygen atoms in total. The highest BCUT2D eigenvalue weighted by molar-refractivity contribution is 6.04. The van der Waals surface area contributed by atoms with E-state index in [0.29, 0.717) is 5.57 Å². The second kappa shape index (κ2) is 7.34. The van der Waals surface area contributed by atoms with Crippen LogP contribution in [0.15, 0.2) is 24.3 Å². The van der Waals surface area contributed by atoms with Crippen molar-refractivity contribution in [3.63, 3.8) is 0 Å². The molecule has 0 fully saturated rings. The van der Waals surface area contributed by atoms with Crippen LogP contribution in [0.4, 0.5) is 0 Å². The molecule has 17 heavy (non-hydrogen) atoms. The lowest BCUT2D eigenvalue weighted by atomic mass is 10.3. The summed E-state index contributed by atoms with van der Waals surface area (Å²) in [5, 5.41) is 8.68. The number of hydrogen-bond acceptors (Lipinski definition) is 6. The van der Waals surface area contributed by atoms with Gasteiger partial charge in [0.15, 0.2) is 0 Å². The number of ether oxygens (including phenoxy) is 2. The van der Waals surface area contributed by atoms with E-state index in [9.17, 15) is 14.4 Å². The molecule has 1 aliphatic heterocycles. The summed E-state index contributed by atoms with van der Waals surface area (Å²) in [6.07, 6.45) is 1.56. The topological polar surface area (TPSA) is 89.9 Å². The van der Waals surface area contributed by atoms with Crippen LogP contribution < -0.4 is 0 Å². The van der Waals surface area contributed by atoms with E-state index in [4.69, 9.17) is 5.11 Å². The Bertz CT molecular complexity index is 337. The Morgan fingerprint density at radius 2 is 1.94 bits per heavy atom. The number of carbonyl (C=O) groups is 3. The van der Waals surface area contributed by atoms with Crippen molar-refractivity contribution < 1.29 is 29.0 Å². The van der Waals surface area contributed by atoms with Crippen LogP contribution in [-0.4, -0.2) is 35.7 Å². The highest BCUT2D eigenvalue weighted by Crippen LogP contribution is 1.93. The molecule has 94 valence electrons. The molecule has 1 atom stereocenters. The molecule has 0 radical (unpaired) electrons. The summed E-state index contributed by atoms with van der Waals surface area (Å²) in [5.41, 5.74) is 0.348. The molecule has 0 bridgehead atoms. The first-order valence-corrected chi connectivity index (χ1v) is 4.77. The molecule has 0 aliphatic carbocycles. The number of aliphatic hydroxyl groups excluding tert-OH is 1. The Morgan fingerprint density at radius 1 is 1.47 bits per heavy atom. The summed E-state index contributed by atoms with van der Waals surface area (Å²) < 4.78 is 8.55. The Labute approximate surface area is 98.5 Å². The van der Waals surface area contributed by atoms with E-state index in [1.54, 1.807) is 13.8 Å². The van der Waals surface area contributed by atoms with Crippen LogP contribution >= 0.6 is 0 Å². The van der Waals surface area contributed by atoms with Crippen molar-refractivity contribution in [2.75, 3.05) is 6.61 Å². The molecule has 1 rings (SSSR count). The van der Waals surface area contributed by atoms with E-state index in [0.717, 1.165) is 12.2 Å². The molecule has 6 heteroatoms. The van der Waals surface area contributed by atoms with Gasteiger partial charge in [-0.2, -0.15) is 0 Å². The maximum Gasteiger partial charge on any atom is 0.338 e. The third kappa shape index (κ3) is 7.92. The third-order valence-electron chi connectivity index (χ3n) is 1.36. The fourth-order valence-electron chi connectivity index (χ4n) is 0.623. The van der Waals surface area contributed by atoms with Gasteiger partial charge in [0.2, 0.25) is 0 Å². The zero-order chi connectivity index (χ0) is 13.4. The molecular weight excluding hydrogens is 228 g/mol. The second-order valence-corrected chi connectivity index (χ2v) is 3.30. The summed E-state index contributed by atoms with van der Waals surface area (Å²) in [7, 11) is 0. The van der Waals surface area contributed by atoms with Crippen LogP contribution in [0.5, 0.6) is 0 Å². The van der Waals surface area contributed by atoms with Crippen molar-refractivity contribution in [1.29, 1.82) is 0 Å². The number of esters is 3. The van der Waals surface area contributed by atoms with E-state index in [-0.39, 0.29) is 6.61 Å². The summed E-state index contributed by atoms with van der Waals surface area (Å²) in [6.45, 7) is 6.52. The number of rotatable bonds is 3. The first-order chi connectivity index (χ1) is 7.82.